The molecule has 152 valence electrons. The Hall–Kier alpha value is -1.67. The summed E-state index contributed by atoms with van der Waals surface area (Å²) in [4.78, 5) is 18.6. The predicted octanol–water partition coefficient (Wildman–Crippen LogP) is 3.82. The van der Waals surface area contributed by atoms with Crippen LogP contribution in [-0.2, 0) is 27.8 Å². The lowest BCUT2D eigenvalue weighted by molar-refractivity contribution is 0.00952. The monoisotopic (exact) mass is 398 g/mol. The van der Waals surface area contributed by atoms with Gasteiger partial charge >= 0.3 is 16.2 Å². The van der Waals surface area contributed by atoms with Gasteiger partial charge in [0.1, 0.15) is 5.60 Å². The summed E-state index contributed by atoms with van der Waals surface area (Å²) in [6, 6.07) is 2.72. The second-order valence-corrected chi connectivity index (χ2v) is 10.7. The molecule has 0 radical (unpaired) electrons. The number of rotatable bonds is 3. The van der Waals surface area contributed by atoms with Crippen LogP contribution in [0.4, 0.5) is 4.79 Å². The van der Waals surface area contributed by atoms with Crippen molar-refractivity contribution in [3.8, 4) is 0 Å². The van der Waals surface area contributed by atoms with E-state index < -0.39 is 15.7 Å². The van der Waals surface area contributed by atoms with Crippen LogP contribution in [0.15, 0.2) is 17.2 Å². The second kappa shape index (κ2) is 7.39. The first-order chi connectivity index (χ1) is 12.2. The van der Waals surface area contributed by atoms with Crippen molar-refractivity contribution in [2.75, 3.05) is 0 Å². The van der Waals surface area contributed by atoms with Gasteiger partial charge < -0.3 is 9.64 Å². The third kappa shape index (κ3) is 6.17. The van der Waals surface area contributed by atoms with Crippen LogP contribution in [0.3, 0.4) is 0 Å². The Morgan fingerprint density at radius 1 is 1.26 bits per heavy atom. The number of amides is 1. The van der Waals surface area contributed by atoms with E-state index in [1.165, 1.54) is 6.07 Å². The molecule has 27 heavy (non-hydrogen) atoms. The summed E-state index contributed by atoms with van der Waals surface area (Å²) in [5.41, 5.74) is 0.868. The lowest BCUT2D eigenvalue weighted by Gasteiger charge is -2.38. The SMILES string of the molecule is CC(C)(C)CCC1Cc2nc(S(=O)(=O)O)ccc2CN1C(=O)OC(C)(C)C. The molecular weight excluding hydrogens is 368 g/mol. The molecule has 0 bridgehead atoms. The summed E-state index contributed by atoms with van der Waals surface area (Å²) in [6.45, 7) is 12.2. The highest BCUT2D eigenvalue weighted by atomic mass is 32.2. The molecule has 1 aliphatic rings. The van der Waals surface area contributed by atoms with Crippen LogP contribution in [0.5, 0.6) is 0 Å². The zero-order chi connectivity index (χ0) is 20.6. The molecule has 0 fully saturated rings. The van der Waals surface area contributed by atoms with Gasteiger partial charge in [-0.1, -0.05) is 26.8 Å². The minimum atomic E-state index is -4.36. The first-order valence-electron chi connectivity index (χ1n) is 9.12. The molecule has 0 aliphatic carbocycles. The Bertz CT molecular complexity index is 806. The highest BCUT2D eigenvalue weighted by Gasteiger charge is 2.34. The fourth-order valence-electron chi connectivity index (χ4n) is 3.01. The van der Waals surface area contributed by atoms with Crippen molar-refractivity contribution in [2.24, 2.45) is 5.41 Å². The molecule has 1 unspecified atom stereocenters. The quantitative estimate of drug-likeness (QED) is 0.778. The summed E-state index contributed by atoms with van der Waals surface area (Å²) in [5.74, 6) is 0. The molecule has 1 N–H and O–H groups in total. The van der Waals surface area contributed by atoms with E-state index in [2.05, 4.69) is 25.8 Å². The van der Waals surface area contributed by atoms with Crippen molar-refractivity contribution in [1.29, 1.82) is 0 Å². The van der Waals surface area contributed by atoms with E-state index in [-0.39, 0.29) is 22.6 Å². The maximum Gasteiger partial charge on any atom is 0.410 e. The molecule has 0 saturated heterocycles. The molecule has 1 aromatic heterocycles. The van der Waals surface area contributed by atoms with Crippen molar-refractivity contribution >= 4 is 16.2 Å². The molecule has 2 rings (SSSR count). The highest BCUT2D eigenvalue weighted by Crippen LogP contribution is 2.30. The Labute approximate surface area is 161 Å². The van der Waals surface area contributed by atoms with Crippen LogP contribution in [0, 0.1) is 5.41 Å². The predicted molar refractivity (Wildman–Crippen MR) is 102 cm³/mol. The number of nitrogens with zero attached hydrogens (tertiary/aromatic N) is 2. The lowest BCUT2D eigenvalue weighted by atomic mass is 9.86. The van der Waals surface area contributed by atoms with E-state index in [9.17, 15) is 17.8 Å². The summed E-state index contributed by atoms with van der Waals surface area (Å²) >= 11 is 0. The molecule has 1 aromatic rings. The van der Waals surface area contributed by atoms with E-state index in [1.54, 1.807) is 11.0 Å². The zero-order valence-electron chi connectivity index (χ0n) is 16.9. The highest BCUT2D eigenvalue weighted by molar-refractivity contribution is 7.85. The van der Waals surface area contributed by atoms with Crippen molar-refractivity contribution in [1.82, 2.24) is 9.88 Å². The molecule has 7 nitrogen and oxygen atoms in total. The van der Waals surface area contributed by atoms with Crippen LogP contribution in [0.1, 0.15) is 65.6 Å². The first kappa shape index (κ1) is 21.6. The standard InChI is InChI=1S/C19H30N2O5S/c1-18(2,3)10-9-14-11-15-13(7-8-16(20-15)27(23,24)25)12-21(14)17(22)26-19(4,5)6/h7-8,14H,9-12H2,1-6H3,(H,23,24,25). The summed E-state index contributed by atoms with van der Waals surface area (Å²) < 4.78 is 37.6. The van der Waals surface area contributed by atoms with Crippen LogP contribution >= 0.6 is 0 Å². The number of hydrogen-bond acceptors (Lipinski definition) is 5. The fourth-order valence-corrected chi connectivity index (χ4v) is 3.48. The Balaban J connectivity index is 2.33. The summed E-state index contributed by atoms with van der Waals surface area (Å²) in [5, 5.41) is -0.360. The normalized spacial score (nSPS) is 18.2. The Morgan fingerprint density at radius 2 is 1.89 bits per heavy atom. The van der Waals surface area contributed by atoms with Crippen LogP contribution in [-0.4, -0.2) is 40.6 Å². The van der Waals surface area contributed by atoms with Crippen molar-refractivity contribution in [3.05, 3.63) is 23.4 Å². The van der Waals surface area contributed by atoms with Gasteiger partial charge in [-0.15, -0.1) is 0 Å². The van der Waals surface area contributed by atoms with Gasteiger partial charge in [0.25, 0.3) is 0 Å². The van der Waals surface area contributed by atoms with E-state index >= 15 is 0 Å². The molecule has 0 aromatic carbocycles. The van der Waals surface area contributed by atoms with Gasteiger partial charge in [-0.2, -0.15) is 8.42 Å². The summed E-state index contributed by atoms with van der Waals surface area (Å²) in [7, 11) is -4.36. The van der Waals surface area contributed by atoms with Gasteiger partial charge in [0.15, 0.2) is 5.03 Å². The average Bonchev–Trinajstić information content (AvgIpc) is 2.48. The molecule has 1 aliphatic heterocycles. The smallest absolute Gasteiger partial charge is 0.410 e. The maximum absolute atomic E-state index is 12.7. The number of pyridine rings is 1. The van der Waals surface area contributed by atoms with Crippen molar-refractivity contribution in [3.63, 3.8) is 0 Å². The molecular formula is C19H30N2O5S. The van der Waals surface area contributed by atoms with E-state index in [4.69, 9.17) is 4.74 Å². The third-order valence-corrected chi connectivity index (χ3v) is 5.13. The van der Waals surface area contributed by atoms with E-state index in [1.807, 2.05) is 20.8 Å². The Kier molecular flexibility index (Phi) is 5.92. The van der Waals surface area contributed by atoms with E-state index in [0.29, 0.717) is 18.7 Å². The third-order valence-electron chi connectivity index (χ3n) is 4.37. The summed E-state index contributed by atoms with van der Waals surface area (Å²) in [6.07, 6.45) is 1.68. The second-order valence-electron chi connectivity index (χ2n) is 9.30. The minimum absolute atomic E-state index is 0.101. The van der Waals surface area contributed by atoms with Crippen molar-refractivity contribution < 1.29 is 22.5 Å². The zero-order valence-corrected chi connectivity index (χ0v) is 17.8. The minimum Gasteiger partial charge on any atom is -0.444 e. The van der Waals surface area contributed by atoms with Crippen LogP contribution in [0.2, 0.25) is 0 Å². The molecule has 2 heterocycles. The molecule has 1 amide bonds. The number of carbonyl (C=O) groups is 1. The van der Waals surface area contributed by atoms with Crippen LogP contribution in [0.25, 0.3) is 0 Å². The maximum atomic E-state index is 12.7. The molecule has 0 spiro atoms. The number of ether oxygens (including phenoxy) is 1. The molecule has 1 atom stereocenters. The van der Waals surface area contributed by atoms with Crippen LogP contribution < -0.4 is 0 Å². The van der Waals surface area contributed by atoms with Gasteiger partial charge in [-0.05, 0) is 50.7 Å². The van der Waals surface area contributed by atoms with Gasteiger partial charge in [0.05, 0.1) is 6.54 Å². The Morgan fingerprint density at radius 3 is 2.41 bits per heavy atom. The van der Waals surface area contributed by atoms with Gasteiger partial charge in [0.2, 0.25) is 0 Å². The number of hydrogen-bond donors (Lipinski definition) is 1. The van der Waals surface area contributed by atoms with Gasteiger partial charge in [0, 0.05) is 18.2 Å². The average molecular weight is 399 g/mol. The van der Waals surface area contributed by atoms with Gasteiger partial charge in [-0.3, -0.25) is 4.55 Å². The lowest BCUT2D eigenvalue weighted by Crippen LogP contribution is -2.47. The fraction of sp³-hybridized carbons (Fsp3) is 0.684. The largest absolute Gasteiger partial charge is 0.444 e. The number of aromatic nitrogens is 1. The first-order valence-corrected chi connectivity index (χ1v) is 10.6. The van der Waals surface area contributed by atoms with Crippen molar-refractivity contribution in [2.45, 2.75) is 84.0 Å². The number of fused-ring (bicyclic) bond motifs is 1. The number of carbonyl (C=O) groups excluding carboxylic acids is 1. The molecule has 8 heteroatoms. The van der Waals surface area contributed by atoms with E-state index in [0.717, 1.165) is 18.4 Å². The molecule has 0 saturated carbocycles. The van der Waals surface area contributed by atoms with Gasteiger partial charge in [-0.25, -0.2) is 9.78 Å². The topological polar surface area (TPSA) is 96.8 Å².